The summed E-state index contributed by atoms with van der Waals surface area (Å²) in [4.78, 5) is 25.1. The standard InChI is InChI=1S/C22H18F3NO3S/c1-4-29-22(28)17-15(13-6-5-11(2)12(3)9-13)10-30-21(17)26-20(27)14-7-8-16(23)19(25)18(14)24/h5-10H,4H2,1-3H3,(H,26,27). The fourth-order valence-electron chi connectivity index (χ4n) is 2.85. The topological polar surface area (TPSA) is 55.4 Å². The summed E-state index contributed by atoms with van der Waals surface area (Å²) in [6.45, 7) is 5.66. The van der Waals surface area contributed by atoms with Crippen LogP contribution in [-0.2, 0) is 4.74 Å². The van der Waals surface area contributed by atoms with Gasteiger partial charge < -0.3 is 10.1 Å². The summed E-state index contributed by atoms with van der Waals surface area (Å²) >= 11 is 1.05. The first-order chi connectivity index (χ1) is 14.2. The number of ether oxygens (including phenoxy) is 1. The molecule has 0 saturated heterocycles. The second kappa shape index (κ2) is 8.71. The van der Waals surface area contributed by atoms with Crippen LogP contribution >= 0.6 is 11.3 Å². The van der Waals surface area contributed by atoms with E-state index in [4.69, 9.17) is 4.74 Å². The molecule has 0 aliphatic heterocycles. The van der Waals surface area contributed by atoms with E-state index >= 15 is 0 Å². The summed E-state index contributed by atoms with van der Waals surface area (Å²) in [7, 11) is 0. The normalized spacial score (nSPS) is 10.7. The number of halogens is 3. The van der Waals surface area contributed by atoms with E-state index in [9.17, 15) is 22.8 Å². The lowest BCUT2D eigenvalue weighted by Crippen LogP contribution is -2.17. The van der Waals surface area contributed by atoms with Crippen molar-refractivity contribution in [1.82, 2.24) is 0 Å². The largest absolute Gasteiger partial charge is 0.462 e. The number of carbonyl (C=O) groups is 2. The van der Waals surface area contributed by atoms with Crippen LogP contribution in [0.2, 0.25) is 0 Å². The number of hydrogen-bond donors (Lipinski definition) is 1. The Morgan fingerprint density at radius 3 is 2.43 bits per heavy atom. The Bertz CT molecular complexity index is 1140. The maximum Gasteiger partial charge on any atom is 0.341 e. The van der Waals surface area contributed by atoms with Gasteiger partial charge in [-0.05, 0) is 49.6 Å². The molecule has 1 heterocycles. The third kappa shape index (κ3) is 4.09. The van der Waals surface area contributed by atoms with Crippen LogP contribution in [0.4, 0.5) is 18.2 Å². The van der Waals surface area contributed by atoms with Crippen LogP contribution in [0.25, 0.3) is 11.1 Å². The molecule has 1 N–H and O–H groups in total. The highest BCUT2D eigenvalue weighted by molar-refractivity contribution is 7.15. The van der Waals surface area contributed by atoms with Crippen LogP contribution < -0.4 is 5.32 Å². The molecule has 0 bridgehead atoms. The van der Waals surface area contributed by atoms with Crippen molar-refractivity contribution in [3.8, 4) is 11.1 Å². The first-order valence-electron chi connectivity index (χ1n) is 9.05. The van der Waals surface area contributed by atoms with Crippen LogP contribution in [0.3, 0.4) is 0 Å². The molecule has 1 aromatic heterocycles. The minimum Gasteiger partial charge on any atom is -0.462 e. The minimum absolute atomic E-state index is 0.112. The monoisotopic (exact) mass is 433 g/mol. The number of esters is 1. The minimum atomic E-state index is -1.74. The molecule has 0 unspecified atom stereocenters. The van der Waals surface area contributed by atoms with E-state index in [1.54, 1.807) is 12.3 Å². The zero-order valence-corrected chi connectivity index (χ0v) is 17.3. The van der Waals surface area contributed by atoms with Crippen molar-refractivity contribution in [3.63, 3.8) is 0 Å². The van der Waals surface area contributed by atoms with Gasteiger partial charge in [-0.25, -0.2) is 18.0 Å². The van der Waals surface area contributed by atoms with Gasteiger partial charge in [0.2, 0.25) is 0 Å². The predicted molar refractivity (Wildman–Crippen MR) is 109 cm³/mol. The van der Waals surface area contributed by atoms with Crippen molar-refractivity contribution >= 4 is 28.2 Å². The van der Waals surface area contributed by atoms with Crippen molar-refractivity contribution in [2.24, 2.45) is 0 Å². The lowest BCUT2D eigenvalue weighted by atomic mass is 9.99. The van der Waals surface area contributed by atoms with Crippen LogP contribution in [0.5, 0.6) is 0 Å². The molecule has 4 nitrogen and oxygen atoms in total. The second-order valence-electron chi connectivity index (χ2n) is 6.55. The molecule has 3 rings (SSSR count). The van der Waals surface area contributed by atoms with Crippen molar-refractivity contribution < 1.29 is 27.5 Å². The SMILES string of the molecule is CCOC(=O)c1c(-c2ccc(C)c(C)c2)csc1NC(=O)c1ccc(F)c(F)c1F. The molecule has 3 aromatic rings. The quantitative estimate of drug-likeness (QED) is 0.404. The summed E-state index contributed by atoms with van der Waals surface area (Å²) in [6, 6.07) is 7.15. The average Bonchev–Trinajstić information content (AvgIpc) is 3.12. The number of hydrogen-bond acceptors (Lipinski definition) is 4. The van der Waals surface area contributed by atoms with Crippen LogP contribution in [0.1, 0.15) is 38.8 Å². The molecule has 0 radical (unpaired) electrons. The molecule has 30 heavy (non-hydrogen) atoms. The molecule has 0 atom stereocenters. The van der Waals surface area contributed by atoms with Gasteiger partial charge in [-0.15, -0.1) is 11.3 Å². The van der Waals surface area contributed by atoms with E-state index in [1.807, 2.05) is 32.0 Å². The summed E-state index contributed by atoms with van der Waals surface area (Å²) in [5.74, 6) is -6.41. The first kappa shape index (κ1) is 21.6. The lowest BCUT2D eigenvalue weighted by molar-refractivity contribution is 0.0529. The van der Waals surface area contributed by atoms with Crippen molar-refractivity contribution in [2.45, 2.75) is 20.8 Å². The number of nitrogens with one attached hydrogen (secondary N) is 1. The summed E-state index contributed by atoms with van der Waals surface area (Å²) in [6.07, 6.45) is 0. The summed E-state index contributed by atoms with van der Waals surface area (Å²) in [5.41, 5.74) is 2.82. The number of thiophene rings is 1. The van der Waals surface area contributed by atoms with Gasteiger partial charge in [0.25, 0.3) is 5.91 Å². The molecule has 0 spiro atoms. The highest BCUT2D eigenvalue weighted by Gasteiger charge is 2.25. The number of benzene rings is 2. The summed E-state index contributed by atoms with van der Waals surface area (Å²) in [5, 5.41) is 4.21. The molecule has 156 valence electrons. The van der Waals surface area contributed by atoms with Gasteiger partial charge in [-0.3, -0.25) is 4.79 Å². The van der Waals surface area contributed by atoms with Crippen LogP contribution in [-0.4, -0.2) is 18.5 Å². The number of anilines is 1. The maximum absolute atomic E-state index is 14.0. The number of aryl methyl sites for hydroxylation is 2. The Morgan fingerprint density at radius 1 is 1.03 bits per heavy atom. The third-order valence-corrected chi connectivity index (χ3v) is 5.49. The fourth-order valence-corrected chi connectivity index (χ4v) is 3.80. The highest BCUT2D eigenvalue weighted by atomic mass is 32.1. The predicted octanol–water partition coefficient (Wildman–Crippen LogP) is 5.88. The van der Waals surface area contributed by atoms with E-state index in [0.29, 0.717) is 11.6 Å². The van der Waals surface area contributed by atoms with Gasteiger partial charge >= 0.3 is 5.97 Å². The Hall–Kier alpha value is -3.13. The molecule has 0 aliphatic carbocycles. The Morgan fingerprint density at radius 2 is 1.77 bits per heavy atom. The van der Waals surface area contributed by atoms with Crippen LogP contribution in [0, 0.1) is 31.3 Å². The Labute approximate surface area is 175 Å². The van der Waals surface area contributed by atoms with E-state index in [1.165, 1.54) is 0 Å². The first-order valence-corrected chi connectivity index (χ1v) is 9.93. The van der Waals surface area contributed by atoms with E-state index in [-0.39, 0.29) is 17.2 Å². The van der Waals surface area contributed by atoms with Crippen molar-refractivity contribution in [3.05, 3.63) is 75.4 Å². The van der Waals surface area contributed by atoms with Gasteiger partial charge in [0.05, 0.1) is 12.2 Å². The number of amides is 1. The van der Waals surface area contributed by atoms with E-state index < -0.39 is 34.9 Å². The molecule has 0 fully saturated rings. The van der Waals surface area contributed by atoms with Gasteiger partial charge in [-0.2, -0.15) is 0 Å². The molecule has 2 aromatic carbocycles. The van der Waals surface area contributed by atoms with Crippen LogP contribution in [0.15, 0.2) is 35.7 Å². The molecule has 1 amide bonds. The molecule has 0 saturated carbocycles. The molecule has 0 aliphatic rings. The molecule has 8 heteroatoms. The Kier molecular flexibility index (Phi) is 6.26. The maximum atomic E-state index is 14.0. The second-order valence-corrected chi connectivity index (χ2v) is 7.43. The Balaban J connectivity index is 2.04. The number of carbonyl (C=O) groups excluding carboxylic acids is 2. The average molecular weight is 433 g/mol. The molecular weight excluding hydrogens is 415 g/mol. The molecular formula is C22H18F3NO3S. The van der Waals surface area contributed by atoms with Gasteiger partial charge in [0.1, 0.15) is 10.6 Å². The van der Waals surface area contributed by atoms with Gasteiger partial charge in [0.15, 0.2) is 17.5 Å². The van der Waals surface area contributed by atoms with Crippen molar-refractivity contribution in [2.75, 3.05) is 11.9 Å². The smallest absolute Gasteiger partial charge is 0.341 e. The van der Waals surface area contributed by atoms with E-state index in [2.05, 4.69) is 5.32 Å². The zero-order valence-electron chi connectivity index (χ0n) is 16.4. The zero-order chi connectivity index (χ0) is 22.0. The van der Waals surface area contributed by atoms with Gasteiger partial charge in [0, 0.05) is 10.9 Å². The van der Waals surface area contributed by atoms with Crippen molar-refractivity contribution in [1.29, 1.82) is 0 Å². The van der Waals surface area contributed by atoms with Gasteiger partial charge in [-0.1, -0.05) is 18.2 Å². The highest BCUT2D eigenvalue weighted by Crippen LogP contribution is 2.37. The number of rotatable bonds is 5. The van der Waals surface area contributed by atoms with E-state index in [0.717, 1.165) is 34.1 Å². The fraction of sp³-hybridized carbons (Fsp3) is 0.182. The summed E-state index contributed by atoms with van der Waals surface area (Å²) < 4.78 is 45.7. The third-order valence-electron chi connectivity index (χ3n) is 4.60. The lowest BCUT2D eigenvalue weighted by Gasteiger charge is -2.10.